The Morgan fingerprint density at radius 2 is 1.28 bits per heavy atom. The van der Waals surface area contributed by atoms with Crippen LogP contribution in [0.15, 0.2) is 72.1 Å². The van der Waals surface area contributed by atoms with E-state index in [9.17, 15) is 18.4 Å². The molecule has 8 rings (SSSR count). The highest BCUT2D eigenvalue weighted by atomic mass is 19.1. The number of Topliss-reactive ketones (excluding diaryl/α,β-unsaturated/α-hetero) is 1. The molecule has 4 aromatic rings. The second-order valence-electron chi connectivity index (χ2n) is 13.2. The molecule has 2 heterocycles. The molecule has 0 amide bonds. The van der Waals surface area contributed by atoms with Gasteiger partial charge in [-0.05, 0) is 124 Å². The van der Waals surface area contributed by atoms with Gasteiger partial charge in [-0.15, -0.1) is 0 Å². The van der Waals surface area contributed by atoms with Crippen LogP contribution >= 0.6 is 0 Å². The van der Waals surface area contributed by atoms with Crippen molar-refractivity contribution in [2.75, 3.05) is 0 Å². The summed E-state index contributed by atoms with van der Waals surface area (Å²) in [6.45, 7) is 4.26. The van der Waals surface area contributed by atoms with E-state index in [2.05, 4.69) is 36.2 Å². The van der Waals surface area contributed by atoms with Crippen molar-refractivity contribution >= 4 is 32.6 Å². The molecule has 2 fully saturated rings. The summed E-state index contributed by atoms with van der Waals surface area (Å²) in [4.78, 5) is 23.9. The van der Waals surface area contributed by atoms with Crippen molar-refractivity contribution in [1.29, 1.82) is 0 Å². The molecule has 0 aliphatic heterocycles. The maximum absolute atomic E-state index is 13.1. The number of aldehydes is 1. The minimum atomic E-state index is -0.359. The summed E-state index contributed by atoms with van der Waals surface area (Å²) in [5.74, 6) is -0.0783. The van der Waals surface area contributed by atoms with Gasteiger partial charge in [0.2, 0.25) is 0 Å². The first kappa shape index (κ1) is 31.6. The summed E-state index contributed by atoms with van der Waals surface area (Å²) in [7, 11) is 0. The first-order chi connectivity index (χ1) is 21.7. The van der Waals surface area contributed by atoms with Gasteiger partial charge in [0.25, 0.3) is 0 Å². The average Bonchev–Trinajstić information content (AvgIpc) is 3.63. The molecule has 0 unspecified atom stereocenters. The van der Waals surface area contributed by atoms with Crippen molar-refractivity contribution in [3.63, 3.8) is 0 Å². The van der Waals surface area contributed by atoms with Gasteiger partial charge in [0.1, 0.15) is 23.7 Å². The molecule has 9 heteroatoms. The van der Waals surface area contributed by atoms with Gasteiger partial charge in [-0.25, -0.2) is 18.1 Å². The number of carbonyl (C=O) groups is 2. The number of ketones is 1. The normalized spacial score (nSPS) is 24.4. The van der Waals surface area contributed by atoms with Crippen LogP contribution in [0.2, 0.25) is 0 Å². The zero-order valence-corrected chi connectivity index (χ0v) is 26.2. The third-order valence-electron chi connectivity index (χ3n) is 10.5. The molecule has 3 radical (unpaired) electrons. The smallest absolute Gasteiger partial charge is 0.143 e. The number of halogens is 2. The van der Waals surface area contributed by atoms with Crippen molar-refractivity contribution in [3.05, 3.63) is 106 Å². The number of hydrogen-bond acceptors (Lipinski definition) is 4. The number of nitrogens with zero attached hydrogens (tertiary/aromatic N) is 4. The zero-order valence-electron chi connectivity index (χ0n) is 26.2. The molecule has 4 aliphatic rings. The Balaban J connectivity index is 0.000000158. The molecule has 0 bridgehead atoms. The predicted octanol–water partition coefficient (Wildman–Crippen LogP) is 7.29. The van der Waals surface area contributed by atoms with Crippen LogP contribution in [0.5, 0.6) is 0 Å². The topological polar surface area (TPSA) is 69.8 Å². The molecule has 0 spiro atoms. The Labute approximate surface area is 269 Å². The Hall–Kier alpha value is -4.40. The number of benzene rings is 2. The van der Waals surface area contributed by atoms with Crippen molar-refractivity contribution in [1.82, 2.24) is 19.6 Å². The minimum Gasteiger partial charge on any atom is -0.303 e. The van der Waals surface area contributed by atoms with Crippen LogP contribution in [0.3, 0.4) is 0 Å². The van der Waals surface area contributed by atoms with Crippen molar-refractivity contribution in [2.45, 2.75) is 65.2 Å². The lowest BCUT2D eigenvalue weighted by atomic mass is 9.60. The number of allylic oxidation sites excluding steroid dienone is 2. The van der Waals surface area contributed by atoms with Crippen LogP contribution in [-0.4, -0.2) is 40.0 Å². The molecule has 233 valence electrons. The predicted molar refractivity (Wildman–Crippen MR) is 175 cm³/mol. The van der Waals surface area contributed by atoms with Gasteiger partial charge in [0.05, 0.1) is 40.6 Å². The quantitative estimate of drug-likeness (QED) is 0.179. The van der Waals surface area contributed by atoms with Crippen LogP contribution in [0, 0.1) is 28.4 Å². The highest BCUT2D eigenvalue weighted by Gasteiger charge is 2.44. The van der Waals surface area contributed by atoms with E-state index in [0.717, 1.165) is 78.7 Å². The van der Waals surface area contributed by atoms with Gasteiger partial charge in [0, 0.05) is 26.2 Å². The monoisotopic (exact) mass is 617 g/mol. The zero-order chi connectivity index (χ0) is 31.3. The Morgan fingerprint density at radius 1 is 0.761 bits per heavy atom. The number of rotatable bonds is 3. The fraction of sp³-hybridized carbons (Fsp3) is 0.351. The Kier molecular flexibility index (Phi) is 8.30. The van der Waals surface area contributed by atoms with Gasteiger partial charge in [-0.2, -0.15) is 10.2 Å². The molecule has 46 heavy (non-hydrogen) atoms. The molecular formula is C37H36BF2N4O2. The van der Waals surface area contributed by atoms with Crippen LogP contribution in [-0.2, 0) is 22.4 Å². The molecule has 3 atom stereocenters. The number of hydrogen-bond donors (Lipinski definition) is 0. The van der Waals surface area contributed by atoms with Crippen LogP contribution in [0.4, 0.5) is 8.78 Å². The van der Waals surface area contributed by atoms with E-state index in [4.69, 9.17) is 0 Å². The van der Waals surface area contributed by atoms with Crippen molar-refractivity contribution in [2.24, 2.45) is 16.7 Å². The Bertz CT molecular complexity index is 1860. The summed E-state index contributed by atoms with van der Waals surface area (Å²) in [5.41, 5.74) is 8.15. The lowest BCUT2D eigenvalue weighted by molar-refractivity contribution is -0.127. The van der Waals surface area contributed by atoms with Gasteiger partial charge in [-0.1, -0.05) is 18.1 Å². The highest BCUT2D eigenvalue weighted by molar-refractivity contribution is 5.91. The molecule has 2 aromatic heterocycles. The molecule has 6 nitrogen and oxygen atoms in total. The van der Waals surface area contributed by atoms with E-state index in [1.165, 1.54) is 35.4 Å². The maximum atomic E-state index is 13.1. The lowest BCUT2D eigenvalue weighted by Gasteiger charge is -2.43. The standard InChI is InChI=1S/C19H19FN2O.C18H17FN2O.B/c1-19-10-13-11-21-22(17-7-5-16(20)6-8-17)18(13)9-14(19)3-2-4-15(19)12-23;1-18-10-12-11-20-21(15-7-5-14(19)6-8-15)16(12)9-13(18)3-2-4-17(18)22;/h5-9,11-12,15H,2-4,10H2,1H3;5-9,11H,2-4,10H2,1H3;/t15-,19+;18-;/m10./s1. The number of aromatic nitrogens is 4. The van der Waals surface area contributed by atoms with Gasteiger partial charge >= 0.3 is 0 Å². The molecule has 2 aromatic carbocycles. The van der Waals surface area contributed by atoms with Crippen LogP contribution < -0.4 is 0 Å². The average molecular weight is 618 g/mol. The van der Waals surface area contributed by atoms with E-state index in [1.54, 1.807) is 24.3 Å². The summed E-state index contributed by atoms with van der Waals surface area (Å²) < 4.78 is 30.0. The van der Waals surface area contributed by atoms with E-state index in [0.29, 0.717) is 18.6 Å². The molecule has 4 aliphatic carbocycles. The number of carbonyl (C=O) groups excluding carboxylic acids is 2. The van der Waals surface area contributed by atoms with E-state index < -0.39 is 0 Å². The van der Waals surface area contributed by atoms with E-state index >= 15 is 0 Å². The van der Waals surface area contributed by atoms with E-state index in [1.807, 2.05) is 21.8 Å². The maximum Gasteiger partial charge on any atom is 0.143 e. The second kappa shape index (κ2) is 12.1. The largest absolute Gasteiger partial charge is 0.303 e. The first-order valence-corrected chi connectivity index (χ1v) is 15.8. The van der Waals surface area contributed by atoms with Crippen LogP contribution in [0.1, 0.15) is 74.9 Å². The molecule has 0 saturated heterocycles. The minimum absolute atomic E-state index is 0. The fourth-order valence-electron chi connectivity index (χ4n) is 7.71. The van der Waals surface area contributed by atoms with Crippen molar-refractivity contribution < 1.29 is 18.4 Å². The second-order valence-corrected chi connectivity index (χ2v) is 13.2. The molecular weight excluding hydrogens is 581 g/mol. The molecule has 0 N–H and O–H groups in total. The van der Waals surface area contributed by atoms with Gasteiger partial charge in [-0.3, -0.25) is 4.79 Å². The first-order valence-electron chi connectivity index (χ1n) is 15.8. The summed E-state index contributed by atoms with van der Waals surface area (Å²) >= 11 is 0. The summed E-state index contributed by atoms with van der Waals surface area (Å²) in [6.07, 6.45) is 16.4. The van der Waals surface area contributed by atoms with Gasteiger partial charge in [0.15, 0.2) is 0 Å². The van der Waals surface area contributed by atoms with E-state index in [-0.39, 0.29) is 36.8 Å². The summed E-state index contributed by atoms with van der Waals surface area (Å²) in [6, 6.07) is 12.7. The molecule has 2 saturated carbocycles. The van der Waals surface area contributed by atoms with Crippen LogP contribution in [0.25, 0.3) is 23.5 Å². The van der Waals surface area contributed by atoms with Gasteiger partial charge < -0.3 is 4.79 Å². The third-order valence-corrected chi connectivity index (χ3v) is 10.5. The fourth-order valence-corrected chi connectivity index (χ4v) is 7.71. The lowest BCUT2D eigenvalue weighted by Crippen LogP contribution is -2.37. The Morgan fingerprint density at radius 3 is 1.85 bits per heavy atom. The number of fused-ring (bicyclic) bond motifs is 4. The summed E-state index contributed by atoms with van der Waals surface area (Å²) in [5, 5.41) is 8.95. The SMILES string of the molecule is C[C@]12Cc3cnn(-c4ccc(F)cc4)c3C=C1CCCC2=O.C[C@]12Cc3cnn(-c4ccc(F)cc4)c3C=C1CCC[C@@H]2C=O.[B]. The third kappa shape index (κ3) is 5.29. The van der Waals surface area contributed by atoms with Crippen molar-refractivity contribution in [3.8, 4) is 11.4 Å². The highest BCUT2D eigenvalue weighted by Crippen LogP contribution is 2.50.